The maximum absolute atomic E-state index is 12.0. The van der Waals surface area contributed by atoms with Crippen LogP contribution in [0.25, 0.3) is 0 Å². The topological polar surface area (TPSA) is 37.3 Å². The van der Waals surface area contributed by atoms with Crippen LogP contribution < -0.4 is 0 Å². The largest absolute Gasteiger partial charge is 0.509 e. The van der Waals surface area contributed by atoms with Gasteiger partial charge in [-0.2, -0.15) is 17.6 Å². The highest BCUT2D eigenvalue weighted by Crippen LogP contribution is 2.22. The van der Waals surface area contributed by atoms with Crippen molar-refractivity contribution in [3.8, 4) is 0 Å². The lowest BCUT2D eigenvalue weighted by molar-refractivity contribution is -0.168. The van der Waals surface area contributed by atoms with E-state index < -0.39 is 23.5 Å². The van der Waals surface area contributed by atoms with E-state index in [1.165, 1.54) is 0 Å². The van der Waals surface area contributed by atoms with Crippen molar-refractivity contribution in [1.82, 2.24) is 0 Å². The first-order valence-electron chi connectivity index (χ1n) is 2.43. The Hall–Kier alpha value is -1.07. The number of carbonyl (C=O) groups excluding carboxylic acids is 1. The van der Waals surface area contributed by atoms with Gasteiger partial charge >= 0.3 is 6.18 Å². The Kier molecular flexibility index (Phi) is 2.61. The van der Waals surface area contributed by atoms with Crippen molar-refractivity contribution in [2.45, 2.75) is 13.1 Å². The van der Waals surface area contributed by atoms with Gasteiger partial charge in [-0.25, -0.2) is 0 Å². The number of aliphatic hydroxyl groups is 1. The molecule has 0 saturated heterocycles. The molecule has 0 rings (SSSR count). The number of rotatable bonds is 1. The molecule has 0 radical (unpaired) electrons. The molecule has 6 heteroatoms. The van der Waals surface area contributed by atoms with Gasteiger partial charge in [-0.1, -0.05) is 0 Å². The Morgan fingerprint density at radius 1 is 1.36 bits per heavy atom. The molecule has 0 aliphatic rings. The summed E-state index contributed by atoms with van der Waals surface area (Å²) in [5, 5.41) is 8.14. The molecule has 0 aromatic heterocycles. The molecule has 0 aromatic rings. The van der Waals surface area contributed by atoms with Crippen LogP contribution >= 0.6 is 0 Å². The molecule has 0 saturated carbocycles. The summed E-state index contributed by atoms with van der Waals surface area (Å²) in [4.78, 5) is 9.89. The van der Waals surface area contributed by atoms with Crippen LogP contribution in [0.2, 0.25) is 0 Å². The van der Waals surface area contributed by atoms with Gasteiger partial charge in [0.15, 0.2) is 0 Å². The van der Waals surface area contributed by atoms with Crippen molar-refractivity contribution in [2.75, 3.05) is 0 Å². The van der Waals surface area contributed by atoms with Crippen molar-refractivity contribution in [3.05, 3.63) is 11.6 Å². The molecule has 0 spiro atoms. The number of halogens is 4. The van der Waals surface area contributed by atoms with Gasteiger partial charge in [0, 0.05) is 0 Å². The Morgan fingerprint density at radius 2 is 1.73 bits per heavy atom. The van der Waals surface area contributed by atoms with Crippen molar-refractivity contribution in [3.63, 3.8) is 0 Å². The predicted octanol–water partition coefficient (Wildman–Crippen LogP) is 1.88. The number of allylic oxidation sites excluding steroid dienone is 2. The third kappa shape index (κ3) is 2.57. The van der Waals surface area contributed by atoms with Crippen LogP contribution in [0.1, 0.15) is 6.92 Å². The Morgan fingerprint density at radius 3 is 1.82 bits per heavy atom. The zero-order valence-electron chi connectivity index (χ0n) is 5.37. The van der Waals surface area contributed by atoms with Gasteiger partial charge in [0.05, 0.1) is 0 Å². The molecule has 0 fully saturated rings. The highest BCUT2D eigenvalue weighted by molar-refractivity contribution is 5.97. The van der Waals surface area contributed by atoms with Crippen LogP contribution in [0.5, 0.6) is 0 Å². The number of aliphatic hydroxyl groups excluding tert-OH is 1. The van der Waals surface area contributed by atoms with E-state index in [9.17, 15) is 22.4 Å². The summed E-state index contributed by atoms with van der Waals surface area (Å²) >= 11 is 0. The molecule has 0 amide bonds. The second-order valence-corrected chi connectivity index (χ2v) is 1.73. The summed E-state index contributed by atoms with van der Waals surface area (Å²) in [6.07, 6.45) is -5.27. The summed E-state index contributed by atoms with van der Waals surface area (Å²) in [6.45, 7) is 0.652. The first-order valence-corrected chi connectivity index (χ1v) is 2.43. The number of hydrogen-bond acceptors (Lipinski definition) is 2. The molecule has 0 heterocycles. The lowest BCUT2D eigenvalue weighted by Gasteiger charge is -2.01. The standard InChI is InChI=1S/C5H4F4O2/c1-2(10)3(6)4(11)5(7,8)9/h10H,1H3/b3-2+. The summed E-state index contributed by atoms with van der Waals surface area (Å²) in [7, 11) is 0. The zero-order valence-corrected chi connectivity index (χ0v) is 5.37. The second-order valence-electron chi connectivity index (χ2n) is 1.73. The Balaban J connectivity index is 4.67. The fourth-order valence-corrected chi connectivity index (χ4v) is 0.289. The van der Waals surface area contributed by atoms with Crippen LogP contribution in [0.15, 0.2) is 11.6 Å². The van der Waals surface area contributed by atoms with Crippen LogP contribution in [-0.2, 0) is 4.79 Å². The van der Waals surface area contributed by atoms with E-state index in [0.717, 1.165) is 0 Å². The Bertz CT molecular complexity index is 199. The smallest absolute Gasteiger partial charge is 0.457 e. The first kappa shape index (κ1) is 9.93. The van der Waals surface area contributed by atoms with Crippen molar-refractivity contribution in [2.24, 2.45) is 0 Å². The average molecular weight is 172 g/mol. The number of carbonyl (C=O) groups is 1. The third-order valence-electron chi connectivity index (χ3n) is 0.774. The monoisotopic (exact) mass is 172 g/mol. The van der Waals surface area contributed by atoms with Gasteiger partial charge in [-0.15, -0.1) is 0 Å². The van der Waals surface area contributed by atoms with E-state index in [1.807, 2.05) is 0 Å². The molecule has 64 valence electrons. The van der Waals surface area contributed by atoms with E-state index in [0.29, 0.717) is 6.92 Å². The minimum absolute atomic E-state index is 0.652. The van der Waals surface area contributed by atoms with E-state index in [2.05, 4.69) is 0 Å². The SMILES string of the molecule is C/C(O)=C(\F)C(=O)C(F)(F)F. The van der Waals surface area contributed by atoms with Gasteiger partial charge in [0.1, 0.15) is 5.76 Å². The maximum Gasteiger partial charge on any atom is 0.457 e. The Labute approximate surface area is 59.1 Å². The van der Waals surface area contributed by atoms with Crippen LogP contribution in [0, 0.1) is 0 Å². The number of Topliss-reactive ketones (excluding diaryl/α,β-unsaturated/α-hetero) is 1. The van der Waals surface area contributed by atoms with E-state index in [1.54, 1.807) is 0 Å². The third-order valence-corrected chi connectivity index (χ3v) is 0.774. The van der Waals surface area contributed by atoms with Gasteiger partial charge in [0.2, 0.25) is 5.83 Å². The molecule has 0 aliphatic heterocycles. The van der Waals surface area contributed by atoms with Crippen molar-refractivity contribution >= 4 is 5.78 Å². The lowest BCUT2D eigenvalue weighted by Crippen LogP contribution is -2.23. The maximum atomic E-state index is 12.0. The molecule has 0 aromatic carbocycles. The first-order chi connectivity index (χ1) is 4.76. The molecular weight excluding hydrogens is 168 g/mol. The number of hydrogen-bond donors (Lipinski definition) is 1. The lowest BCUT2D eigenvalue weighted by atomic mass is 10.3. The molecule has 0 bridgehead atoms. The fraction of sp³-hybridized carbons (Fsp3) is 0.400. The van der Waals surface area contributed by atoms with Gasteiger partial charge in [-0.3, -0.25) is 4.79 Å². The summed E-state index contributed by atoms with van der Waals surface area (Å²) in [5.74, 6) is -6.11. The molecule has 0 unspecified atom stereocenters. The van der Waals surface area contributed by atoms with E-state index in [-0.39, 0.29) is 0 Å². The van der Waals surface area contributed by atoms with Gasteiger partial charge < -0.3 is 5.11 Å². The fourth-order valence-electron chi connectivity index (χ4n) is 0.289. The highest BCUT2D eigenvalue weighted by Gasteiger charge is 2.42. The molecule has 11 heavy (non-hydrogen) atoms. The van der Waals surface area contributed by atoms with E-state index in [4.69, 9.17) is 5.11 Å². The highest BCUT2D eigenvalue weighted by atomic mass is 19.4. The quantitative estimate of drug-likeness (QED) is 0.372. The summed E-state index contributed by atoms with van der Waals surface area (Å²) in [6, 6.07) is 0. The normalized spacial score (nSPS) is 14.3. The van der Waals surface area contributed by atoms with E-state index >= 15 is 0 Å². The average Bonchev–Trinajstić information content (AvgIpc) is 1.82. The minimum Gasteiger partial charge on any atom is -0.509 e. The molecule has 2 nitrogen and oxygen atoms in total. The summed E-state index contributed by atoms with van der Waals surface area (Å²) < 4.78 is 46.0. The number of ketones is 1. The van der Waals surface area contributed by atoms with Crippen molar-refractivity contribution in [1.29, 1.82) is 0 Å². The van der Waals surface area contributed by atoms with Crippen LogP contribution in [0.3, 0.4) is 0 Å². The van der Waals surface area contributed by atoms with Crippen LogP contribution in [0.4, 0.5) is 17.6 Å². The molecular formula is C5H4F4O2. The van der Waals surface area contributed by atoms with Gasteiger partial charge in [-0.05, 0) is 6.92 Å². The molecule has 1 N–H and O–H groups in total. The van der Waals surface area contributed by atoms with Crippen LogP contribution in [-0.4, -0.2) is 17.1 Å². The minimum atomic E-state index is -5.27. The zero-order chi connectivity index (χ0) is 9.23. The predicted molar refractivity (Wildman–Crippen MR) is 27.5 cm³/mol. The van der Waals surface area contributed by atoms with Crippen molar-refractivity contribution < 1.29 is 27.5 Å². The van der Waals surface area contributed by atoms with Gasteiger partial charge in [0.25, 0.3) is 5.78 Å². The number of alkyl halides is 3. The molecule has 0 aliphatic carbocycles. The summed E-state index contributed by atoms with van der Waals surface area (Å²) in [5.41, 5.74) is 0. The molecule has 0 atom stereocenters. The second kappa shape index (κ2) is 2.89.